The van der Waals surface area contributed by atoms with Crippen molar-refractivity contribution in [3.63, 3.8) is 0 Å². The van der Waals surface area contributed by atoms with Crippen molar-refractivity contribution >= 4 is 16.9 Å². The third-order valence-corrected chi connectivity index (χ3v) is 5.30. The molecular weight excluding hydrogens is 306 g/mol. The van der Waals surface area contributed by atoms with E-state index in [2.05, 4.69) is 4.90 Å². The van der Waals surface area contributed by atoms with Gasteiger partial charge < -0.3 is 5.11 Å². The summed E-state index contributed by atoms with van der Waals surface area (Å²) >= 11 is 1.42. The van der Waals surface area contributed by atoms with Crippen LogP contribution in [0.4, 0.5) is 0 Å². The van der Waals surface area contributed by atoms with Crippen molar-refractivity contribution in [3.05, 3.63) is 71.8 Å². The molecule has 0 saturated carbocycles. The van der Waals surface area contributed by atoms with Gasteiger partial charge in [0.1, 0.15) is 0 Å². The quantitative estimate of drug-likeness (QED) is 0.914. The predicted octanol–water partition coefficient (Wildman–Crippen LogP) is 3.37. The van der Waals surface area contributed by atoms with Crippen LogP contribution in [0.25, 0.3) is 0 Å². The average Bonchev–Trinajstić information content (AvgIpc) is 3.03. The SMILES string of the molecule is O=C(S[C@H]1CCN(C[C@H](O)c2ccccc2)C1)c1ccccc1. The van der Waals surface area contributed by atoms with Gasteiger partial charge in [-0.3, -0.25) is 9.69 Å². The molecule has 120 valence electrons. The molecule has 1 aliphatic rings. The number of benzene rings is 2. The zero-order chi connectivity index (χ0) is 16.1. The molecule has 0 amide bonds. The molecule has 0 bridgehead atoms. The monoisotopic (exact) mass is 327 g/mol. The van der Waals surface area contributed by atoms with E-state index < -0.39 is 6.10 Å². The van der Waals surface area contributed by atoms with Gasteiger partial charge in [0, 0.05) is 23.9 Å². The first-order valence-corrected chi connectivity index (χ1v) is 8.82. The first kappa shape index (κ1) is 16.2. The predicted molar refractivity (Wildman–Crippen MR) is 94.6 cm³/mol. The number of thioether (sulfide) groups is 1. The Kier molecular flexibility index (Phi) is 5.49. The maximum Gasteiger partial charge on any atom is 0.219 e. The molecule has 1 N–H and O–H groups in total. The van der Waals surface area contributed by atoms with Gasteiger partial charge in [-0.1, -0.05) is 72.4 Å². The topological polar surface area (TPSA) is 40.5 Å². The first-order chi connectivity index (χ1) is 11.2. The Labute approximate surface area is 141 Å². The van der Waals surface area contributed by atoms with Crippen molar-refractivity contribution in [2.24, 2.45) is 0 Å². The molecule has 0 radical (unpaired) electrons. The molecule has 0 unspecified atom stereocenters. The minimum absolute atomic E-state index is 0.140. The number of likely N-dealkylation sites (tertiary alicyclic amines) is 1. The number of nitrogens with zero attached hydrogens (tertiary/aromatic N) is 1. The third-order valence-electron chi connectivity index (χ3n) is 4.13. The fourth-order valence-corrected chi connectivity index (χ4v) is 3.96. The van der Waals surface area contributed by atoms with E-state index in [9.17, 15) is 9.90 Å². The van der Waals surface area contributed by atoms with Crippen LogP contribution in [0.3, 0.4) is 0 Å². The van der Waals surface area contributed by atoms with E-state index in [-0.39, 0.29) is 5.12 Å². The highest BCUT2D eigenvalue weighted by atomic mass is 32.2. The van der Waals surface area contributed by atoms with E-state index in [0.717, 1.165) is 30.6 Å². The van der Waals surface area contributed by atoms with Gasteiger partial charge in [0.2, 0.25) is 5.12 Å². The van der Waals surface area contributed by atoms with E-state index in [1.54, 1.807) is 0 Å². The molecule has 3 rings (SSSR count). The largest absolute Gasteiger partial charge is 0.387 e. The maximum atomic E-state index is 12.2. The fourth-order valence-electron chi connectivity index (χ4n) is 2.88. The molecule has 1 aliphatic heterocycles. The standard InChI is InChI=1S/C19H21NO2S/c21-18(15-7-3-1-4-8-15)14-20-12-11-17(13-20)23-19(22)16-9-5-2-6-10-16/h1-10,17-18,21H,11-14H2/t17-,18-/m0/s1. The zero-order valence-electron chi connectivity index (χ0n) is 13.0. The van der Waals surface area contributed by atoms with Crippen molar-refractivity contribution in [2.45, 2.75) is 17.8 Å². The van der Waals surface area contributed by atoms with Crippen LogP contribution in [0.2, 0.25) is 0 Å². The molecule has 3 nitrogen and oxygen atoms in total. The molecule has 2 atom stereocenters. The Morgan fingerprint density at radius 2 is 1.78 bits per heavy atom. The highest BCUT2D eigenvalue weighted by Gasteiger charge is 2.27. The molecule has 1 fully saturated rings. The number of carbonyl (C=O) groups excluding carboxylic acids is 1. The lowest BCUT2D eigenvalue weighted by molar-refractivity contribution is 0.108. The second-order valence-corrected chi connectivity index (χ2v) is 7.14. The Morgan fingerprint density at radius 3 is 2.48 bits per heavy atom. The summed E-state index contributed by atoms with van der Waals surface area (Å²) in [5, 5.41) is 10.8. The normalized spacial score (nSPS) is 19.6. The number of hydrogen-bond acceptors (Lipinski definition) is 4. The second-order valence-electron chi connectivity index (χ2n) is 5.87. The van der Waals surface area contributed by atoms with Gasteiger partial charge in [0.15, 0.2) is 0 Å². The van der Waals surface area contributed by atoms with Gasteiger partial charge in [-0.05, 0) is 18.5 Å². The number of aliphatic hydroxyl groups excluding tert-OH is 1. The lowest BCUT2D eigenvalue weighted by Crippen LogP contribution is -2.27. The van der Waals surface area contributed by atoms with Gasteiger partial charge in [-0.25, -0.2) is 0 Å². The Bertz CT molecular complexity index is 632. The molecule has 0 spiro atoms. The van der Waals surface area contributed by atoms with E-state index in [4.69, 9.17) is 0 Å². The summed E-state index contributed by atoms with van der Waals surface area (Å²) in [4.78, 5) is 14.5. The van der Waals surface area contributed by atoms with E-state index in [0.29, 0.717) is 11.8 Å². The minimum atomic E-state index is -0.468. The lowest BCUT2D eigenvalue weighted by Gasteiger charge is -2.20. The van der Waals surface area contributed by atoms with Crippen LogP contribution < -0.4 is 0 Å². The van der Waals surface area contributed by atoms with Crippen LogP contribution in [0.15, 0.2) is 60.7 Å². The molecule has 1 saturated heterocycles. The highest BCUT2D eigenvalue weighted by Crippen LogP contribution is 2.27. The molecule has 1 heterocycles. The van der Waals surface area contributed by atoms with Gasteiger partial charge >= 0.3 is 0 Å². The van der Waals surface area contributed by atoms with Crippen molar-refractivity contribution in [1.82, 2.24) is 4.90 Å². The second kappa shape index (κ2) is 7.77. The first-order valence-electron chi connectivity index (χ1n) is 7.94. The summed E-state index contributed by atoms with van der Waals surface area (Å²) < 4.78 is 0. The number of aliphatic hydroxyl groups is 1. The summed E-state index contributed by atoms with van der Waals surface area (Å²) in [5.41, 5.74) is 1.71. The Hall–Kier alpha value is -1.62. The van der Waals surface area contributed by atoms with Gasteiger partial charge in [-0.2, -0.15) is 0 Å². The zero-order valence-corrected chi connectivity index (χ0v) is 13.8. The number of rotatable bonds is 5. The van der Waals surface area contributed by atoms with Crippen LogP contribution >= 0.6 is 11.8 Å². The van der Waals surface area contributed by atoms with Crippen LogP contribution in [0.1, 0.15) is 28.4 Å². The minimum Gasteiger partial charge on any atom is -0.387 e. The molecule has 2 aromatic rings. The van der Waals surface area contributed by atoms with E-state index in [1.165, 1.54) is 11.8 Å². The molecule has 23 heavy (non-hydrogen) atoms. The molecule has 0 aromatic heterocycles. The van der Waals surface area contributed by atoms with Crippen molar-refractivity contribution in [3.8, 4) is 0 Å². The summed E-state index contributed by atoms with van der Waals surface area (Å²) in [6.45, 7) is 2.41. The van der Waals surface area contributed by atoms with E-state index in [1.807, 2.05) is 60.7 Å². The maximum absolute atomic E-state index is 12.2. The van der Waals surface area contributed by atoms with Crippen LogP contribution in [0.5, 0.6) is 0 Å². The van der Waals surface area contributed by atoms with Gasteiger partial charge in [-0.15, -0.1) is 0 Å². The lowest BCUT2D eigenvalue weighted by atomic mass is 10.1. The molecule has 4 heteroatoms. The highest BCUT2D eigenvalue weighted by molar-refractivity contribution is 8.14. The summed E-state index contributed by atoms with van der Waals surface area (Å²) in [5.74, 6) is 0. The fraction of sp³-hybridized carbons (Fsp3) is 0.316. The van der Waals surface area contributed by atoms with Crippen molar-refractivity contribution in [2.75, 3.05) is 19.6 Å². The Morgan fingerprint density at radius 1 is 1.13 bits per heavy atom. The number of β-amino-alcohol motifs (C(OH)–C–C–N with tert-alkyl or cyclic N) is 1. The molecular formula is C19H21NO2S. The smallest absolute Gasteiger partial charge is 0.219 e. The summed E-state index contributed by atoms with van der Waals surface area (Å²) in [6, 6.07) is 19.2. The molecule has 0 aliphatic carbocycles. The average molecular weight is 327 g/mol. The van der Waals surface area contributed by atoms with E-state index >= 15 is 0 Å². The summed E-state index contributed by atoms with van der Waals surface area (Å²) in [7, 11) is 0. The third kappa shape index (κ3) is 4.44. The van der Waals surface area contributed by atoms with Crippen LogP contribution in [-0.4, -0.2) is 40.0 Å². The number of hydrogen-bond donors (Lipinski definition) is 1. The van der Waals surface area contributed by atoms with Crippen molar-refractivity contribution < 1.29 is 9.90 Å². The molecule has 2 aromatic carbocycles. The van der Waals surface area contributed by atoms with Crippen LogP contribution in [-0.2, 0) is 0 Å². The Balaban J connectivity index is 1.50. The number of carbonyl (C=O) groups is 1. The van der Waals surface area contributed by atoms with Crippen LogP contribution in [0, 0.1) is 0 Å². The summed E-state index contributed by atoms with van der Waals surface area (Å²) in [6.07, 6.45) is 0.523. The van der Waals surface area contributed by atoms with Crippen molar-refractivity contribution in [1.29, 1.82) is 0 Å². The van der Waals surface area contributed by atoms with Gasteiger partial charge in [0.05, 0.1) is 6.10 Å². The van der Waals surface area contributed by atoms with Gasteiger partial charge in [0.25, 0.3) is 0 Å².